The van der Waals surface area contributed by atoms with Crippen LogP contribution in [0.15, 0.2) is 30.7 Å². The molecule has 0 fully saturated rings. The molecule has 0 saturated carbocycles. The monoisotopic (exact) mass is 270 g/mol. The van der Waals surface area contributed by atoms with Crippen LogP contribution < -0.4 is 0 Å². The number of aromatic nitrogens is 4. The molecule has 2 aromatic heterocycles. The molecule has 1 N–H and O–H groups in total. The minimum Gasteiger partial charge on any atom is -0.478 e. The molecule has 102 valence electrons. The molecule has 0 atom stereocenters. The first kappa shape index (κ1) is 12.4. The Kier molecular flexibility index (Phi) is 2.78. The Morgan fingerprint density at radius 1 is 1.40 bits per heavy atom. The van der Waals surface area contributed by atoms with Crippen molar-refractivity contribution in [3.05, 3.63) is 42.0 Å². The number of carbonyl (C=O) groups is 1. The Labute approximate surface area is 115 Å². The lowest BCUT2D eigenvalue weighted by Gasteiger charge is -2.03. The summed E-state index contributed by atoms with van der Waals surface area (Å²) >= 11 is 0. The van der Waals surface area contributed by atoms with Gasteiger partial charge in [0.1, 0.15) is 6.33 Å². The molecule has 0 radical (unpaired) electrons. The predicted octanol–water partition coefficient (Wildman–Crippen LogP) is 2.02. The molecule has 0 aliphatic rings. The van der Waals surface area contributed by atoms with E-state index in [9.17, 15) is 4.79 Å². The maximum absolute atomic E-state index is 11.0. The van der Waals surface area contributed by atoms with Gasteiger partial charge in [-0.05, 0) is 24.6 Å². The zero-order valence-corrected chi connectivity index (χ0v) is 11.2. The summed E-state index contributed by atoms with van der Waals surface area (Å²) in [5.74, 6) is -0.947. The summed E-state index contributed by atoms with van der Waals surface area (Å²) < 4.78 is 3.71. The quantitative estimate of drug-likeness (QED) is 0.790. The number of hydrogen-bond acceptors (Lipinski definition) is 3. The molecule has 3 aromatic rings. The molecule has 0 amide bonds. The Balaban J connectivity index is 2.19. The fourth-order valence-corrected chi connectivity index (χ4v) is 2.31. The minimum atomic E-state index is -0.947. The Morgan fingerprint density at radius 2 is 2.20 bits per heavy atom. The molecule has 0 aliphatic carbocycles. The number of carboxylic acid groups (broad SMARTS) is 1. The van der Waals surface area contributed by atoms with Crippen LogP contribution in [0.5, 0.6) is 0 Å². The summed E-state index contributed by atoms with van der Waals surface area (Å²) in [5, 5.41) is 13.4. The van der Waals surface area contributed by atoms with Gasteiger partial charge in [0.25, 0.3) is 0 Å². The van der Waals surface area contributed by atoms with E-state index < -0.39 is 5.97 Å². The summed E-state index contributed by atoms with van der Waals surface area (Å²) in [4.78, 5) is 15.3. The smallest absolute Gasteiger partial charge is 0.335 e. The number of nitrogens with zero attached hydrogens (tertiary/aromatic N) is 4. The molecule has 0 unspecified atom stereocenters. The molecule has 20 heavy (non-hydrogen) atoms. The van der Waals surface area contributed by atoms with Gasteiger partial charge in [0.05, 0.1) is 28.0 Å². The van der Waals surface area contributed by atoms with Crippen LogP contribution in [0.2, 0.25) is 0 Å². The van der Waals surface area contributed by atoms with Gasteiger partial charge < -0.3 is 5.11 Å². The number of hydrogen-bond donors (Lipinski definition) is 1. The summed E-state index contributed by atoms with van der Waals surface area (Å²) in [6.07, 6.45) is 4.46. The fourth-order valence-electron chi connectivity index (χ4n) is 2.31. The van der Waals surface area contributed by atoms with Gasteiger partial charge in [-0.1, -0.05) is 6.92 Å². The zero-order chi connectivity index (χ0) is 14.3. The average molecular weight is 270 g/mol. The van der Waals surface area contributed by atoms with Gasteiger partial charge in [-0.15, -0.1) is 0 Å². The van der Waals surface area contributed by atoms with Crippen molar-refractivity contribution in [1.29, 1.82) is 0 Å². The third kappa shape index (κ3) is 1.85. The van der Waals surface area contributed by atoms with Gasteiger partial charge in [0, 0.05) is 13.2 Å². The highest BCUT2D eigenvalue weighted by atomic mass is 16.4. The molecular weight excluding hydrogens is 256 g/mol. The van der Waals surface area contributed by atoms with Crippen LogP contribution in [0.3, 0.4) is 0 Å². The van der Waals surface area contributed by atoms with Gasteiger partial charge in [0.15, 0.2) is 0 Å². The zero-order valence-electron chi connectivity index (χ0n) is 11.2. The predicted molar refractivity (Wildman–Crippen MR) is 74.2 cm³/mol. The van der Waals surface area contributed by atoms with E-state index in [4.69, 9.17) is 5.11 Å². The SMILES string of the molecule is CCc1nn(C)cc1-n1cnc2cc(C(=O)O)ccc21. The number of imidazole rings is 1. The fraction of sp³-hybridized carbons (Fsp3) is 0.214. The number of rotatable bonds is 3. The maximum atomic E-state index is 11.0. The first-order chi connectivity index (χ1) is 9.60. The summed E-state index contributed by atoms with van der Waals surface area (Å²) in [7, 11) is 1.88. The average Bonchev–Trinajstić information content (AvgIpc) is 3.00. The summed E-state index contributed by atoms with van der Waals surface area (Å²) in [6, 6.07) is 4.94. The third-order valence-corrected chi connectivity index (χ3v) is 3.27. The van der Waals surface area contributed by atoms with Crippen LogP contribution in [0.25, 0.3) is 16.7 Å². The highest BCUT2D eigenvalue weighted by molar-refractivity contribution is 5.92. The molecule has 0 aliphatic heterocycles. The number of aromatic carboxylic acids is 1. The van der Waals surface area contributed by atoms with Gasteiger partial charge in [-0.3, -0.25) is 9.25 Å². The van der Waals surface area contributed by atoms with E-state index in [1.807, 2.05) is 24.7 Å². The third-order valence-electron chi connectivity index (χ3n) is 3.27. The van der Waals surface area contributed by atoms with Gasteiger partial charge >= 0.3 is 5.97 Å². The molecule has 0 saturated heterocycles. The second kappa shape index (κ2) is 4.48. The van der Waals surface area contributed by atoms with Crippen LogP contribution >= 0.6 is 0 Å². The van der Waals surface area contributed by atoms with E-state index >= 15 is 0 Å². The van der Waals surface area contributed by atoms with Crippen molar-refractivity contribution in [2.75, 3.05) is 0 Å². The van der Waals surface area contributed by atoms with E-state index in [-0.39, 0.29) is 5.56 Å². The molecule has 3 rings (SSSR count). The van der Waals surface area contributed by atoms with Crippen molar-refractivity contribution >= 4 is 17.0 Å². The van der Waals surface area contributed by atoms with Crippen molar-refractivity contribution < 1.29 is 9.90 Å². The topological polar surface area (TPSA) is 72.9 Å². The van der Waals surface area contributed by atoms with Gasteiger partial charge in [0.2, 0.25) is 0 Å². The molecule has 0 spiro atoms. The van der Waals surface area contributed by atoms with E-state index in [0.717, 1.165) is 23.3 Å². The Bertz CT molecular complexity index is 801. The molecule has 1 aromatic carbocycles. The largest absolute Gasteiger partial charge is 0.478 e. The number of carboxylic acids is 1. The van der Waals surface area contributed by atoms with Crippen molar-refractivity contribution in [3.8, 4) is 5.69 Å². The first-order valence-electron chi connectivity index (χ1n) is 6.33. The molecule has 0 bridgehead atoms. The second-order valence-electron chi connectivity index (χ2n) is 4.61. The van der Waals surface area contributed by atoms with E-state index in [2.05, 4.69) is 10.1 Å². The Hall–Kier alpha value is -2.63. The van der Waals surface area contributed by atoms with Gasteiger partial charge in [-0.25, -0.2) is 9.78 Å². The molecule has 6 nitrogen and oxygen atoms in total. The lowest BCUT2D eigenvalue weighted by atomic mass is 10.2. The standard InChI is InChI=1S/C14H14N4O2/c1-3-10-13(7-17(2)16-10)18-8-15-11-6-9(14(19)20)4-5-12(11)18/h4-8H,3H2,1-2H3,(H,19,20). The highest BCUT2D eigenvalue weighted by Crippen LogP contribution is 2.21. The maximum Gasteiger partial charge on any atom is 0.335 e. The Morgan fingerprint density at radius 3 is 2.90 bits per heavy atom. The van der Waals surface area contributed by atoms with Crippen LogP contribution in [0.1, 0.15) is 23.0 Å². The van der Waals surface area contributed by atoms with Gasteiger partial charge in [-0.2, -0.15) is 5.10 Å². The van der Waals surface area contributed by atoms with Crippen LogP contribution in [-0.4, -0.2) is 30.4 Å². The molecular formula is C14H14N4O2. The number of fused-ring (bicyclic) bond motifs is 1. The van der Waals surface area contributed by atoms with E-state index in [1.54, 1.807) is 29.2 Å². The number of benzene rings is 1. The van der Waals surface area contributed by atoms with Crippen LogP contribution in [0, 0.1) is 0 Å². The lowest BCUT2D eigenvalue weighted by Crippen LogP contribution is -1.97. The molecule has 2 heterocycles. The van der Waals surface area contributed by atoms with Crippen molar-refractivity contribution in [3.63, 3.8) is 0 Å². The van der Waals surface area contributed by atoms with Crippen molar-refractivity contribution in [2.45, 2.75) is 13.3 Å². The molecule has 6 heteroatoms. The van der Waals surface area contributed by atoms with Crippen LogP contribution in [-0.2, 0) is 13.5 Å². The normalized spacial score (nSPS) is 11.1. The summed E-state index contributed by atoms with van der Waals surface area (Å²) in [5.41, 5.74) is 3.73. The first-order valence-corrected chi connectivity index (χ1v) is 6.33. The van der Waals surface area contributed by atoms with Crippen LogP contribution in [0.4, 0.5) is 0 Å². The van der Waals surface area contributed by atoms with Crippen molar-refractivity contribution in [1.82, 2.24) is 19.3 Å². The van der Waals surface area contributed by atoms with Crippen molar-refractivity contribution in [2.24, 2.45) is 7.05 Å². The number of aryl methyl sites for hydroxylation is 2. The van der Waals surface area contributed by atoms with E-state index in [0.29, 0.717) is 5.52 Å². The second-order valence-corrected chi connectivity index (χ2v) is 4.61. The highest BCUT2D eigenvalue weighted by Gasteiger charge is 2.13. The minimum absolute atomic E-state index is 0.240. The lowest BCUT2D eigenvalue weighted by molar-refractivity contribution is 0.0697. The van der Waals surface area contributed by atoms with E-state index in [1.165, 1.54) is 0 Å². The summed E-state index contributed by atoms with van der Waals surface area (Å²) in [6.45, 7) is 2.05.